The molecule has 11 nitrogen and oxygen atoms in total. The number of carbonyl (C=O) groups is 1. The molecule has 0 saturated carbocycles. The van der Waals surface area contributed by atoms with E-state index in [1.165, 1.54) is 20.3 Å². The van der Waals surface area contributed by atoms with Gasteiger partial charge < -0.3 is 49.2 Å². The highest BCUT2D eigenvalue weighted by Gasteiger charge is 2.45. The van der Waals surface area contributed by atoms with Crippen LogP contribution in [0.15, 0.2) is 30.3 Å². The molecule has 2 aliphatic heterocycles. The van der Waals surface area contributed by atoms with Crippen molar-refractivity contribution in [3.63, 3.8) is 0 Å². The zero-order chi connectivity index (χ0) is 24.6. The van der Waals surface area contributed by atoms with Crippen molar-refractivity contribution < 1.29 is 54.0 Å². The number of Topliss-reactive ketones (excluding diaryl/α,β-unsaturated/α-hetero) is 1. The van der Waals surface area contributed by atoms with Gasteiger partial charge in [0, 0.05) is 11.6 Å². The van der Waals surface area contributed by atoms with Crippen LogP contribution in [-0.2, 0) is 4.74 Å². The van der Waals surface area contributed by atoms with E-state index in [1.807, 2.05) is 0 Å². The largest absolute Gasteiger partial charge is 0.507 e. The predicted octanol–water partition coefficient (Wildman–Crippen LogP) is 0.295. The van der Waals surface area contributed by atoms with Crippen molar-refractivity contribution in [2.45, 2.75) is 43.2 Å². The van der Waals surface area contributed by atoms with Gasteiger partial charge in [0.05, 0.1) is 27.2 Å². The Labute approximate surface area is 194 Å². The number of benzene rings is 2. The molecule has 11 heteroatoms. The van der Waals surface area contributed by atoms with Gasteiger partial charge in [-0.1, -0.05) is 18.2 Å². The van der Waals surface area contributed by atoms with E-state index in [4.69, 9.17) is 23.7 Å². The van der Waals surface area contributed by atoms with E-state index in [0.717, 1.165) is 0 Å². The molecule has 6 atom stereocenters. The lowest BCUT2D eigenvalue weighted by molar-refractivity contribution is -0.277. The number of methoxy groups -OCH3 is 2. The number of para-hydroxylation sites is 1. The normalized spacial score (nSPS) is 28.6. The molecule has 34 heavy (non-hydrogen) atoms. The number of phenols is 1. The Morgan fingerprint density at radius 2 is 1.76 bits per heavy atom. The Morgan fingerprint density at radius 3 is 2.44 bits per heavy atom. The van der Waals surface area contributed by atoms with Crippen LogP contribution in [0.2, 0.25) is 0 Å². The highest BCUT2D eigenvalue weighted by molar-refractivity contribution is 6.04. The first-order valence-corrected chi connectivity index (χ1v) is 10.5. The van der Waals surface area contributed by atoms with E-state index < -0.39 is 49.2 Å². The van der Waals surface area contributed by atoms with Gasteiger partial charge in [-0.2, -0.15) is 0 Å². The molecule has 1 fully saturated rings. The highest BCUT2D eigenvalue weighted by Crippen LogP contribution is 2.50. The van der Waals surface area contributed by atoms with E-state index in [9.17, 15) is 30.3 Å². The summed E-state index contributed by atoms with van der Waals surface area (Å²) in [5.74, 6) is -0.185. The first-order chi connectivity index (χ1) is 16.3. The van der Waals surface area contributed by atoms with Crippen molar-refractivity contribution in [2.24, 2.45) is 0 Å². The maximum atomic E-state index is 12.9. The lowest BCUT2D eigenvalue weighted by Gasteiger charge is -2.40. The summed E-state index contributed by atoms with van der Waals surface area (Å²) in [5, 5.41) is 50.1. The van der Waals surface area contributed by atoms with Crippen LogP contribution >= 0.6 is 0 Å². The van der Waals surface area contributed by atoms with Gasteiger partial charge in [-0.25, -0.2) is 0 Å². The first-order valence-electron chi connectivity index (χ1n) is 10.5. The molecule has 1 saturated heterocycles. The quantitative estimate of drug-likeness (QED) is 0.388. The number of ketones is 1. The van der Waals surface area contributed by atoms with E-state index >= 15 is 0 Å². The number of hydrogen-bond donors (Lipinski definition) is 5. The summed E-state index contributed by atoms with van der Waals surface area (Å²) in [7, 11) is 2.76. The van der Waals surface area contributed by atoms with Gasteiger partial charge in [-0.05, 0) is 6.07 Å². The van der Waals surface area contributed by atoms with Crippen molar-refractivity contribution in [3.05, 3.63) is 41.5 Å². The van der Waals surface area contributed by atoms with Crippen LogP contribution in [0.3, 0.4) is 0 Å². The number of aromatic hydroxyl groups is 1. The van der Waals surface area contributed by atoms with Crippen molar-refractivity contribution in [3.8, 4) is 28.7 Å². The van der Waals surface area contributed by atoms with Crippen molar-refractivity contribution in [1.82, 2.24) is 0 Å². The molecular formula is C23H26O11. The minimum atomic E-state index is -1.61. The monoisotopic (exact) mass is 478 g/mol. The molecule has 0 unspecified atom stereocenters. The summed E-state index contributed by atoms with van der Waals surface area (Å²) >= 11 is 0. The number of fused-ring (bicyclic) bond motifs is 1. The van der Waals surface area contributed by atoms with Crippen LogP contribution in [0.25, 0.3) is 0 Å². The van der Waals surface area contributed by atoms with Crippen molar-refractivity contribution in [1.29, 1.82) is 0 Å². The minimum Gasteiger partial charge on any atom is -0.507 e. The highest BCUT2D eigenvalue weighted by atomic mass is 16.7. The molecule has 4 rings (SSSR count). The average Bonchev–Trinajstić information content (AvgIpc) is 2.84. The number of aliphatic hydroxyl groups excluding tert-OH is 4. The Bertz CT molecular complexity index is 1050. The number of hydrogen-bond acceptors (Lipinski definition) is 11. The van der Waals surface area contributed by atoms with Gasteiger partial charge in [0.2, 0.25) is 12.0 Å². The number of phenolic OH excluding ortho intramolecular Hbond substituents is 1. The van der Waals surface area contributed by atoms with Gasteiger partial charge in [-0.15, -0.1) is 0 Å². The number of carbonyl (C=O) groups excluding carboxylic acids is 1. The summed E-state index contributed by atoms with van der Waals surface area (Å²) in [4.78, 5) is 12.9. The molecule has 0 amide bonds. The molecule has 0 bridgehead atoms. The summed E-state index contributed by atoms with van der Waals surface area (Å²) in [6.45, 7) is -0.603. The second-order valence-electron chi connectivity index (χ2n) is 7.92. The maximum absolute atomic E-state index is 12.9. The van der Waals surface area contributed by atoms with Gasteiger partial charge in [0.1, 0.15) is 47.6 Å². The Kier molecular flexibility index (Phi) is 6.82. The zero-order valence-electron chi connectivity index (χ0n) is 18.5. The smallest absolute Gasteiger partial charge is 0.229 e. The van der Waals surface area contributed by atoms with Gasteiger partial charge in [0.25, 0.3) is 0 Å². The number of rotatable bonds is 6. The molecule has 2 heterocycles. The molecule has 2 aromatic carbocycles. The molecule has 2 aromatic rings. The van der Waals surface area contributed by atoms with Crippen molar-refractivity contribution >= 4 is 5.78 Å². The molecule has 184 valence electrons. The molecule has 5 N–H and O–H groups in total. The van der Waals surface area contributed by atoms with Gasteiger partial charge >= 0.3 is 0 Å². The fraction of sp³-hybridized carbons (Fsp3) is 0.435. The standard InChI is InChI=1S/C23H26O11/c1-30-15-8-12(26)17-11(25)7-14(32-22(17)21(15)31-2)10-5-3-4-6-13(10)33-23-20(29)19(28)18(27)16(9-24)34-23/h3-6,8,14,16,18-20,23-24,26-29H,7,9H2,1-2H3/t14-,16-,18-,19+,20-,23-/m0/s1. The van der Waals surface area contributed by atoms with Crippen LogP contribution in [0.1, 0.15) is 28.4 Å². The van der Waals surface area contributed by atoms with Crippen LogP contribution in [0.5, 0.6) is 28.7 Å². The summed E-state index contributed by atoms with van der Waals surface area (Å²) < 4.78 is 27.9. The lowest BCUT2D eigenvalue weighted by Crippen LogP contribution is -2.60. The van der Waals surface area contributed by atoms with Gasteiger partial charge in [0.15, 0.2) is 17.3 Å². The fourth-order valence-corrected chi connectivity index (χ4v) is 4.10. The zero-order valence-corrected chi connectivity index (χ0v) is 18.5. The second kappa shape index (κ2) is 9.65. The Hall–Kier alpha value is -3.09. The van der Waals surface area contributed by atoms with E-state index in [0.29, 0.717) is 5.56 Å². The van der Waals surface area contributed by atoms with E-state index in [-0.39, 0.29) is 40.7 Å². The Morgan fingerprint density at radius 1 is 1.03 bits per heavy atom. The second-order valence-corrected chi connectivity index (χ2v) is 7.92. The summed E-state index contributed by atoms with van der Waals surface area (Å²) in [6, 6.07) is 7.82. The molecule has 0 aromatic heterocycles. The van der Waals surface area contributed by atoms with Crippen LogP contribution < -0.4 is 18.9 Å². The lowest BCUT2D eigenvalue weighted by atomic mass is 9.94. The average molecular weight is 478 g/mol. The number of ether oxygens (including phenoxy) is 5. The third-order valence-electron chi connectivity index (χ3n) is 5.87. The summed E-state index contributed by atoms with van der Waals surface area (Å²) in [5.41, 5.74) is 0.393. The van der Waals surface area contributed by atoms with Gasteiger partial charge in [-0.3, -0.25) is 4.79 Å². The van der Waals surface area contributed by atoms with E-state index in [2.05, 4.69) is 0 Å². The molecule has 2 aliphatic rings. The third-order valence-corrected chi connectivity index (χ3v) is 5.87. The van der Waals surface area contributed by atoms with E-state index in [1.54, 1.807) is 24.3 Å². The molecule has 0 aliphatic carbocycles. The third kappa shape index (κ3) is 4.12. The van der Waals surface area contributed by atoms with Crippen molar-refractivity contribution in [2.75, 3.05) is 20.8 Å². The maximum Gasteiger partial charge on any atom is 0.229 e. The predicted molar refractivity (Wildman–Crippen MR) is 114 cm³/mol. The summed E-state index contributed by atoms with van der Waals surface area (Å²) in [6.07, 6.45) is -8.30. The topological polar surface area (TPSA) is 164 Å². The van der Waals surface area contributed by atoms with Crippen LogP contribution in [0, 0.1) is 0 Å². The first kappa shape index (κ1) is 24.0. The molecule has 0 radical (unpaired) electrons. The Balaban J connectivity index is 1.67. The molecule has 0 spiro atoms. The molecular weight excluding hydrogens is 452 g/mol. The van der Waals surface area contributed by atoms with Crippen LogP contribution in [0.4, 0.5) is 0 Å². The fourth-order valence-electron chi connectivity index (χ4n) is 4.10. The minimum absolute atomic E-state index is 0.0169. The number of aliphatic hydroxyl groups is 4. The SMILES string of the molecule is COc1cc(O)c2c(c1OC)O[C@H](c1ccccc1O[C@H]1O[C@@H](CO)[C@H](O)[C@@H](O)[C@@H]1O)CC2=O. The van der Waals surface area contributed by atoms with Crippen LogP contribution in [-0.4, -0.2) is 82.8 Å².